The van der Waals surface area contributed by atoms with Crippen molar-refractivity contribution >= 4 is 15.9 Å². The molecule has 2 atom stereocenters. The van der Waals surface area contributed by atoms with Crippen LogP contribution >= 0.6 is 0 Å². The first-order valence-electron chi connectivity index (χ1n) is 9.10. The summed E-state index contributed by atoms with van der Waals surface area (Å²) in [5, 5.41) is 3.14. The molecule has 0 spiro atoms. The molecular weight excluding hydrogens is 352 g/mol. The zero-order valence-corrected chi connectivity index (χ0v) is 16.9. The lowest BCUT2D eigenvalue weighted by Gasteiger charge is -2.31. The van der Waals surface area contributed by atoms with Crippen LogP contribution in [0.15, 0.2) is 24.3 Å². The number of ether oxygens (including phenoxy) is 1. The van der Waals surface area contributed by atoms with E-state index < -0.39 is 10.0 Å². The largest absolute Gasteiger partial charge is 0.497 e. The van der Waals surface area contributed by atoms with E-state index in [0.717, 1.165) is 24.2 Å². The van der Waals surface area contributed by atoms with E-state index in [-0.39, 0.29) is 24.4 Å². The third kappa shape index (κ3) is 5.71. The predicted molar refractivity (Wildman–Crippen MR) is 102 cm³/mol. The summed E-state index contributed by atoms with van der Waals surface area (Å²) in [5.41, 5.74) is 1.03. The lowest BCUT2D eigenvalue weighted by Crippen LogP contribution is -2.45. The number of methoxy groups -OCH3 is 1. The monoisotopic (exact) mass is 382 g/mol. The summed E-state index contributed by atoms with van der Waals surface area (Å²) in [6.45, 7) is 5.00. The second kappa shape index (κ2) is 8.86. The van der Waals surface area contributed by atoms with Crippen molar-refractivity contribution in [1.29, 1.82) is 0 Å². The second-order valence-electron chi connectivity index (χ2n) is 7.42. The number of hydrogen-bond donors (Lipinski definition) is 1. The van der Waals surface area contributed by atoms with Crippen LogP contribution in [0.4, 0.5) is 0 Å². The fraction of sp³-hybridized carbons (Fsp3) is 0.632. The zero-order chi connectivity index (χ0) is 19.3. The van der Waals surface area contributed by atoms with Gasteiger partial charge in [0.25, 0.3) is 0 Å². The molecule has 1 heterocycles. The number of nitrogens with zero attached hydrogens (tertiary/aromatic N) is 1. The summed E-state index contributed by atoms with van der Waals surface area (Å²) >= 11 is 0. The maximum atomic E-state index is 12.8. The van der Waals surface area contributed by atoms with Crippen LogP contribution in [-0.2, 0) is 14.8 Å². The quantitative estimate of drug-likeness (QED) is 0.786. The summed E-state index contributed by atoms with van der Waals surface area (Å²) in [7, 11) is -1.64. The molecule has 0 aromatic heterocycles. The van der Waals surface area contributed by atoms with Gasteiger partial charge >= 0.3 is 0 Å². The van der Waals surface area contributed by atoms with Gasteiger partial charge in [0.15, 0.2) is 0 Å². The molecule has 0 saturated carbocycles. The highest BCUT2D eigenvalue weighted by molar-refractivity contribution is 7.88. The van der Waals surface area contributed by atoms with Crippen molar-refractivity contribution in [2.24, 2.45) is 11.8 Å². The van der Waals surface area contributed by atoms with E-state index in [1.54, 1.807) is 7.11 Å². The van der Waals surface area contributed by atoms with E-state index in [2.05, 4.69) is 19.2 Å². The average Bonchev–Trinajstić information content (AvgIpc) is 2.60. The Morgan fingerprint density at radius 3 is 2.50 bits per heavy atom. The lowest BCUT2D eigenvalue weighted by molar-refractivity contribution is -0.127. The number of hydrogen-bond acceptors (Lipinski definition) is 4. The Hall–Kier alpha value is -1.60. The molecule has 1 amide bonds. The van der Waals surface area contributed by atoms with Crippen molar-refractivity contribution in [3.05, 3.63) is 29.8 Å². The molecule has 1 saturated heterocycles. The molecule has 1 fully saturated rings. The van der Waals surface area contributed by atoms with Gasteiger partial charge in [0.2, 0.25) is 15.9 Å². The Bertz CT molecular complexity index is 701. The van der Waals surface area contributed by atoms with E-state index in [9.17, 15) is 13.2 Å². The Labute approximate surface area is 157 Å². The third-order valence-corrected chi connectivity index (χ3v) is 6.04. The number of amides is 1. The van der Waals surface area contributed by atoms with Crippen molar-refractivity contribution < 1.29 is 17.9 Å². The van der Waals surface area contributed by atoms with Crippen LogP contribution in [0.3, 0.4) is 0 Å². The summed E-state index contributed by atoms with van der Waals surface area (Å²) in [5.74, 6) is 0.826. The van der Waals surface area contributed by atoms with Gasteiger partial charge in [-0.15, -0.1) is 0 Å². The maximum absolute atomic E-state index is 12.8. The first-order chi connectivity index (χ1) is 12.2. The number of nitrogens with one attached hydrogen (secondary N) is 1. The van der Waals surface area contributed by atoms with Gasteiger partial charge < -0.3 is 10.1 Å². The van der Waals surface area contributed by atoms with Crippen molar-refractivity contribution in [3.63, 3.8) is 0 Å². The molecule has 146 valence electrons. The fourth-order valence-electron chi connectivity index (χ4n) is 3.33. The fourth-order valence-corrected chi connectivity index (χ4v) is 4.24. The molecular formula is C19H30N2O4S. The van der Waals surface area contributed by atoms with Gasteiger partial charge in [-0.25, -0.2) is 12.7 Å². The number of sulfonamides is 1. The van der Waals surface area contributed by atoms with E-state index >= 15 is 0 Å². The molecule has 26 heavy (non-hydrogen) atoms. The highest BCUT2D eigenvalue weighted by atomic mass is 32.2. The predicted octanol–water partition coefficient (Wildman–Crippen LogP) is 2.57. The van der Waals surface area contributed by atoms with Gasteiger partial charge in [0.1, 0.15) is 5.75 Å². The number of carbonyl (C=O) groups is 1. The first kappa shape index (κ1) is 20.7. The van der Waals surface area contributed by atoms with Crippen LogP contribution in [0.25, 0.3) is 0 Å². The maximum Gasteiger partial charge on any atom is 0.224 e. The van der Waals surface area contributed by atoms with Crippen molar-refractivity contribution in [1.82, 2.24) is 9.62 Å². The van der Waals surface area contributed by atoms with E-state index in [1.807, 2.05) is 24.3 Å². The highest BCUT2D eigenvalue weighted by Crippen LogP contribution is 2.25. The molecule has 0 radical (unpaired) electrons. The normalized spacial score (nSPS) is 20.0. The van der Waals surface area contributed by atoms with Gasteiger partial charge in [-0.05, 0) is 42.9 Å². The van der Waals surface area contributed by atoms with Crippen LogP contribution in [0.2, 0.25) is 0 Å². The van der Waals surface area contributed by atoms with Gasteiger partial charge in [0, 0.05) is 13.1 Å². The molecule has 2 rings (SSSR count). The number of piperidine rings is 1. The van der Waals surface area contributed by atoms with Crippen LogP contribution in [0, 0.1) is 11.8 Å². The molecule has 1 aromatic carbocycles. The molecule has 0 aliphatic carbocycles. The Kier molecular flexibility index (Phi) is 7.06. The molecule has 1 aromatic rings. The van der Waals surface area contributed by atoms with Crippen LogP contribution < -0.4 is 10.1 Å². The minimum Gasteiger partial charge on any atom is -0.497 e. The average molecular weight is 383 g/mol. The van der Waals surface area contributed by atoms with Crippen molar-refractivity contribution in [2.45, 2.75) is 39.2 Å². The van der Waals surface area contributed by atoms with Crippen LogP contribution in [0.1, 0.15) is 44.7 Å². The van der Waals surface area contributed by atoms with Crippen LogP contribution in [-0.4, -0.2) is 45.1 Å². The molecule has 1 aliphatic rings. The molecule has 1 aliphatic heterocycles. The Morgan fingerprint density at radius 1 is 1.31 bits per heavy atom. The SMILES string of the molecule is COc1ccc(C(CC(C)C)NC(=O)C2CCCN(S(C)(=O)=O)C2)cc1. The minimum atomic E-state index is -3.26. The summed E-state index contributed by atoms with van der Waals surface area (Å²) in [4.78, 5) is 12.8. The summed E-state index contributed by atoms with van der Waals surface area (Å²) in [6, 6.07) is 7.62. The van der Waals surface area contributed by atoms with Crippen molar-refractivity contribution in [3.8, 4) is 5.75 Å². The molecule has 1 N–H and O–H groups in total. The van der Waals surface area contributed by atoms with Crippen LogP contribution in [0.5, 0.6) is 5.75 Å². The summed E-state index contributed by atoms with van der Waals surface area (Å²) < 4.78 is 30.2. The van der Waals surface area contributed by atoms with Gasteiger partial charge in [-0.1, -0.05) is 26.0 Å². The van der Waals surface area contributed by atoms with Crippen molar-refractivity contribution in [2.75, 3.05) is 26.5 Å². The third-order valence-electron chi connectivity index (χ3n) is 4.77. The Morgan fingerprint density at radius 2 is 1.96 bits per heavy atom. The standard InChI is InChI=1S/C19H30N2O4S/c1-14(2)12-18(15-7-9-17(25-3)10-8-15)20-19(22)16-6-5-11-21(13-16)26(4,23)24/h7-10,14,16,18H,5-6,11-13H2,1-4H3,(H,20,22). The van der Waals surface area contributed by atoms with Gasteiger partial charge in [0.05, 0.1) is 25.3 Å². The molecule has 0 bridgehead atoms. The topological polar surface area (TPSA) is 75.7 Å². The molecule has 6 nitrogen and oxygen atoms in total. The summed E-state index contributed by atoms with van der Waals surface area (Å²) in [6.07, 6.45) is 3.45. The van der Waals surface area contributed by atoms with E-state index in [0.29, 0.717) is 18.9 Å². The number of benzene rings is 1. The number of rotatable bonds is 7. The molecule has 2 unspecified atom stereocenters. The van der Waals surface area contributed by atoms with Gasteiger partial charge in [-0.3, -0.25) is 4.79 Å². The lowest BCUT2D eigenvalue weighted by atomic mass is 9.94. The zero-order valence-electron chi connectivity index (χ0n) is 16.1. The van der Waals surface area contributed by atoms with Gasteiger partial charge in [-0.2, -0.15) is 0 Å². The first-order valence-corrected chi connectivity index (χ1v) is 10.9. The minimum absolute atomic E-state index is 0.0696. The van der Waals surface area contributed by atoms with E-state index in [1.165, 1.54) is 10.6 Å². The van der Waals surface area contributed by atoms with E-state index in [4.69, 9.17) is 4.74 Å². The number of carbonyl (C=O) groups excluding carboxylic acids is 1. The smallest absolute Gasteiger partial charge is 0.224 e. The molecule has 7 heteroatoms. The Balaban J connectivity index is 2.10. The highest BCUT2D eigenvalue weighted by Gasteiger charge is 2.31. The second-order valence-corrected chi connectivity index (χ2v) is 9.41.